The van der Waals surface area contributed by atoms with Crippen LogP contribution in [0.15, 0.2) is 24.3 Å². The van der Waals surface area contributed by atoms with Crippen LogP contribution in [0.3, 0.4) is 0 Å². The van der Waals surface area contributed by atoms with E-state index < -0.39 is 5.92 Å². The lowest BCUT2D eigenvalue weighted by molar-refractivity contribution is 0.0174. The van der Waals surface area contributed by atoms with E-state index in [4.69, 9.17) is 0 Å². The van der Waals surface area contributed by atoms with Crippen molar-refractivity contribution >= 4 is 0 Å². The van der Waals surface area contributed by atoms with Crippen molar-refractivity contribution in [2.45, 2.75) is 33.6 Å². The van der Waals surface area contributed by atoms with Crippen molar-refractivity contribution in [1.82, 2.24) is 0 Å². The average molecular weight is 186 g/mol. The van der Waals surface area contributed by atoms with Gasteiger partial charge in [0.25, 0.3) is 5.92 Å². The van der Waals surface area contributed by atoms with Crippen LogP contribution in [0.2, 0.25) is 0 Å². The molecule has 0 saturated carbocycles. The summed E-state index contributed by atoms with van der Waals surface area (Å²) in [5, 5.41) is 0. The topological polar surface area (TPSA) is 0 Å². The fourth-order valence-corrected chi connectivity index (χ4v) is 0.918. The Labute approximate surface area is 78.6 Å². The molecule has 13 heavy (non-hydrogen) atoms. The van der Waals surface area contributed by atoms with Gasteiger partial charge in [0.15, 0.2) is 0 Å². The SMILES string of the molecule is CC.Cc1cccc(C(C)(F)F)c1. The molecule has 0 aromatic heterocycles. The highest BCUT2D eigenvalue weighted by Crippen LogP contribution is 2.26. The first-order valence-corrected chi connectivity index (χ1v) is 4.45. The molecular weight excluding hydrogens is 170 g/mol. The second-order valence-corrected chi connectivity index (χ2v) is 2.76. The highest BCUT2D eigenvalue weighted by atomic mass is 19.3. The lowest BCUT2D eigenvalue weighted by atomic mass is 10.1. The molecule has 0 saturated heterocycles. The maximum Gasteiger partial charge on any atom is 0.270 e. The summed E-state index contributed by atoms with van der Waals surface area (Å²) in [5.74, 6) is -2.72. The van der Waals surface area contributed by atoms with Crippen molar-refractivity contribution in [3.63, 3.8) is 0 Å². The first-order valence-electron chi connectivity index (χ1n) is 4.45. The monoisotopic (exact) mass is 186 g/mol. The third-order valence-corrected chi connectivity index (χ3v) is 1.52. The lowest BCUT2D eigenvalue weighted by Crippen LogP contribution is -2.06. The summed E-state index contributed by atoms with van der Waals surface area (Å²) in [7, 11) is 0. The number of rotatable bonds is 1. The molecule has 1 aromatic rings. The molecule has 0 unspecified atom stereocenters. The van der Waals surface area contributed by atoms with Crippen LogP contribution in [0.1, 0.15) is 31.9 Å². The molecule has 0 radical (unpaired) electrons. The van der Waals surface area contributed by atoms with E-state index in [9.17, 15) is 8.78 Å². The van der Waals surface area contributed by atoms with E-state index in [0.717, 1.165) is 12.5 Å². The summed E-state index contributed by atoms with van der Waals surface area (Å²) < 4.78 is 25.3. The van der Waals surface area contributed by atoms with E-state index in [1.165, 1.54) is 12.1 Å². The van der Waals surface area contributed by atoms with E-state index in [1.54, 1.807) is 19.1 Å². The molecule has 0 atom stereocenters. The average Bonchev–Trinajstić information content (AvgIpc) is 2.06. The van der Waals surface area contributed by atoms with Gasteiger partial charge in [-0.25, -0.2) is 8.78 Å². The van der Waals surface area contributed by atoms with Gasteiger partial charge in [-0.15, -0.1) is 0 Å². The van der Waals surface area contributed by atoms with Gasteiger partial charge in [0, 0.05) is 12.5 Å². The minimum absolute atomic E-state index is 0.0810. The zero-order valence-electron chi connectivity index (χ0n) is 8.57. The molecule has 0 aliphatic heterocycles. The van der Waals surface area contributed by atoms with Gasteiger partial charge in [-0.3, -0.25) is 0 Å². The van der Waals surface area contributed by atoms with E-state index in [2.05, 4.69) is 0 Å². The van der Waals surface area contributed by atoms with Gasteiger partial charge in [-0.2, -0.15) is 0 Å². The van der Waals surface area contributed by atoms with Gasteiger partial charge in [-0.05, 0) is 6.92 Å². The predicted molar refractivity (Wildman–Crippen MR) is 52.1 cm³/mol. The normalized spacial score (nSPS) is 10.3. The molecule has 1 aromatic carbocycles. The van der Waals surface area contributed by atoms with Crippen molar-refractivity contribution in [2.75, 3.05) is 0 Å². The van der Waals surface area contributed by atoms with Crippen LogP contribution in [0.25, 0.3) is 0 Å². The number of halogens is 2. The second-order valence-electron chi connectivity index (χ2n) is 2.76. The Morgan fingerprint density at radius 1 is 1.15 bits per heavy atom. The van der Waals surface area contributed by atoms with Gasteiger partial charge < -0.3 is 0 Å². The maximum atomic E-state index is 12.6. The Kier molecular flexibility index (Phi) is 4.60. The van der Waals surface area contributed by atoms with Gasteiger partial charge in [-0.1, -0.05) is 43.7 Å². The number of hydrogen-bond donors (Lipinski definition) is 0. The fourth-order valence-electron chi connectivity index (χ4n) is 0.918. The number of benzene rings is 1. The van der Waals surface area contributed by atoms with E-state index >= 15 is 0 Å². The van der Waals surface area contributed by atoms with Crippen molar-refractivity contribution in [3.8, 4) is 0 Å². The van der Waals surface area contributed by atoms with Crippen molar-refractivity contribution < 1.29 is 8.78 Å². The first kappa shape index (κ1) is 12.1. The number of alkyl halides is 2. The maximum absolute atomic E-state index is 12.6. The van der Waals surface area contributed by atoms with E-state index in [1.807, 2.05) is 13.8 Å². The minimum atomic E-state index is -2.72. The Morgan fingerprint density at radius 3 is 2.00 bits per heavy atom. The predicted octanol–water partition coefficient (Wildman–Crippen LogP) is 4.13. The molecule has 0 aliphatic carbocycles. The molecule has 1 rings (SSSR count). The van der Waals surface area contributed by atoms with Crippen molar-refractivity contribution in [3.05, 3.63) is 35.4 Å². The molecule has 0 bridgehead atoms. The number of aryl methyl sites for hydroxylation is 1. The molecule has 0 nitrogen and oxygen atoms in total. The Balaban J connectivity index is 0.000000671. The molecule has 2 heteroatoms. The van der Waals surface area contributed by atoms with E-state index in [-0.39, 0.29) is 5.56 Å². The van der Waals surface area contributed by atoms with Crippen molar-refractivity contribution in [1.29, 1.82) is 0 Å². The molecular formula is C11H16F2. The molecule has 0 aliphatic rings. The van der Waals surface area contributed by atoms with Gasteiger partial charge >= 0.3 is 0 Å². The number of hydrogen-bond acceptors (Lipinski definition) is 0. The third kappa shape index (κ3) is 4.02. The van der Waals surface area contributed by atoms with Gasteiger partial charge in [0.2, 0.25) is 0 Å². The molecule has 0 spiro atoms. The largest absolute Gasteiger partial charge is 0.270 e. The summed E-state index contributed by atoms with van der Waals surface area (Å²) >= 11 is 0. The Bertz CT molecular complexity index is 249. The smallest absolute Gasteiger partial charge is 0.202 e. The van der Waals surface area contributed by atoms with Crippen LogP contribution in [0.4, 0.5) is 8.78 Å². The summed E-state index contributed by atoms with van der Waals surface area (Å²) in [4.78, 5) is 0. The summed E-state index contributed by atoms with van der Waals surface area (Å²) in [6, 6.07) is 6.38. The van der Waals surface area contributed by atoms with Crippen LogP contribution < -0.4 is 0 Å². The second kappa shape index (κ2) is 4.95. The Hall–Kier alpha value is -0.920. The van der Waals surface area contributed by atoms with Gasteiger partial charge in [0.05, 0.1) is 0 Å². The fraction of sp³-hybridized carbons (Fsp3) is 0.455. The highest BCUT2D eigenvalue weighted by molar-refractivity contribution is 5.25. The molecule has 0 heterocycles. The lowest BCUT2D eigenvalue weighted by Gasteiger charge is -2.10. The molecule has 0 fully saturated rings. The quantitative estimate of drug-likeness (QED) is 0.618. The molecule has 0 N–H and O–H groups in total. The summed E-state index contributed by atoms with van der Waals surface area (Å²) in [5.41, 5.74) is 0.946. The van der Waals surface area contributed by atoms with Crippen LogP contribution in [0, 0.1) is 6.92 Å². The zero-order chi connectivity index (χ0) is 10.5. The molecule has 74 valence electrons. The third-order valence-electron chi connectivity index (χ3n) is 1.52. The van der Waals surface area contributed by atoms with Gasteiger partial charge in [0.1, 0.15) is 0 Å². The van der Waals surface area contributed by atoms with Crippen LogP contribution in [-0.2, 0) is 5.92 Å². The Morgan fingerprint density at radius 2 is 1.69 bits per heavy atom. The zero-order valence-corrected chi connectivity index (χ0v) is 8.57. The van der Waals surface area contributed by atoms with Crippen LogP contribution in [0.5, 0.6) is 0 Å². The summed E-state index contributed by atoms with van der Waals surface area (Å²) in [6.45, 7) is 6.71. The minimum Gasteiger partial charge on any atom is -0.202 e. The highest BCUT2D eigenvalue weighted by Gasteiger charge is 2.23. The summed E-state index contributed by atoms with van der Waals surface area (Å²) in [6.07, 6.45) is 0. The molecule has 0 amide bonds. The van der Waals surface area contributed by atoms with Crippen LogP contribution >= 0.6 is 0 Å². The first-order chi connectivity index (χ1) is 6.00. The standard InChI is InChI=1S/C9H10F2.C2H6/c1-7-4-3-5-8(6-7)9(2,10)11;1-2/h3-6H,1-2H3;1-2H3. The van der Waals surface area contributed by atoms with Crippen molar-refractivity contribution in [2.24, 2.45) is 0 Å². The van der Waals surface area contributed by atoms with E-state index in [0.29, 0.717) is 0 Å². The van der Waals surface area contributed by atoms with Crippen LogP contribution in [-0.4, -0.2) is 0 Å².